The molecule has 4 heteroatoms. The van der Waals surface area contributed by atoms with Crippen molar-refractivity contribution >= 4 is 0 Å². The van der Waals surface area contributed by atoms with Gasteiger partial charge in [0, 0.05) is 38.8 Å². The molecule has 1 aliphatic heterocycles. The Morgan fingerprint density at radius 2 is 2.11 bits per heavy atom. The molecular formula is C14H21FN2O. The third-order valence-corrected chi connectivity index (χ3v) is 3.56. The lowest BCUT2D eigenvalue weighted by Crippen LogP contribution is -2.45. The van der Waals surface area contributed by atoms with Crippen LogP contribution in [0.15, 0.2) is 18.2 Å². The smallest absolute Gasteiger partial charge is 0.126 e. The number of rotatable bonds is 4. The first kappa shape index (κ1) is 13.5. The normalized spacial score (nSPS) is 18.8. The van der Waals surface area contributed by atoms with Crippen LogP contribution >= 0.6 is 0 Å². The first-order valence-electron chi connectivity index (χ1n) is 6.54. The van der Waals surface area contributed by atoms with E-state index in [1.807, 2.05) is 12.1 Å². The number of nitrogens with one attached hydrogen (secondary N) is 1. The number of hydrogen-bond acceptors (Lipinski definition) is 3. The lowest BCUT2D eigenvalue weighted by atomic mass is 9.99. The van der Waals surface area contributed by atoms with Crippen LogP contribution in [0.2, 0.25) is 0 Å². The zero-order chi connectivity index (χ0) is 13.0. The molecule has 0 radical (unpaired) electrons. The van der Waals surface area contributed by atoms with Crippen LogP contribution in [-0.2, 0) is 0 Å². The summed E-state index contributed by atoms with van der Waals surface area (Å²) in [4.78, 5) is 2.36. The predicted octanol–water partition coefficient (Wildman–Crippen LogP) is 1.46. The molecule has 0 amide bonds. The van der Waals surface area contributed by atoms with E-state index in [4.69, 9.17) is 0 Å². The second-order valence-electron chi connectivity index (χ2n) is 4.82. The summed E-state index contributed by atoms with van der Waals surface area (Å²) in [7, 11) is 0. The van der Waals surface area contributed by atoms with E-state index in [9.17, 15) is 9.50 Å². The molecule has 0 aliphatic carbocycles. The average Bonchev–Trinajstić information content (AvgIpc) is 2.40. The predicted molar refractivity (Wildman–Crippen MR) is 70.0 cm³/mol. The SMILES string of the molecule is Cc1cc([C@@H](CCO)N2CCNCC2)ccc1F. The van der Waals surface area contributed by atoms with E-state index in [1.54, 1.807) is 6.92 Å². The molecule has 1 atom stereocenters. The Bertz CT molecular complexity index is 391. The minimum Gasteiger partial charge on any atom is -0.396 e. The van der Waals surface area contributed by atoms with E-state index < -0.39 is 0 Å². The fourth-order valence-electron chi connectivity index (χ4n) is 2.55. The second kappa shape index (κ2) is 6.27. The fourth-order valence-corrected chi connectivity index (χ4v) is 2.55. The van der Waals surface area contributed by atoms with E-state index in [1.165, 1.54) is 6.07 Å². The molecule has 1 aromatic carbocycles. The monoisotopic (exact) mass is 252 g/mol. The van der Waals surface area contributed by atoms with Crippen LogP contribution in [0.4, 0.5) is 4.39 Å². The summed E-state index contributed by atoms with van der Waals surface area (Å²) in [6, 6.07) is 5.45. The van der Waals surface area contributed by atoms with Crippen molar-refractivity contribution in [2.75, 3.05) is 32.8 Å². The molecular weight excluding hydrogens is 231 g/mol. The molecule has 0 unspecified atom stereocenters. The van der Waals surface area contributed by atoms with E-state index in [2.05, 4.69) is 10.2 Å². The number of aliphatic hydroxyl groups is 1. The van der Waals surface area contributed by atoms with Crippen molar-refractivity contribution in [1.82, 2.24) is 10.2 Å². The standard InChI is InChI=1S/C14H21FN2O/c1-11-10-12(2-3-13(11)15)14(4-9-18)17-7-5-16-6-8-17/h2-3,10,14,16,18H,4-9H2,1H3/t14-/m1/s1. The summed E-state index contributed by atoms with van der Waals surface area (Å²) in [5.74, 6) is -0.165. The Morgan fingerprint density at radius 1 is 1.39 bits per heavy atom. The summed E-state index contributed by atoms with van der Waals surface area (Å²) >= 11 is 0. The molecule has 1 saturated heterocycles. The van der Waals surface area contributed by atoms with Crippen molar-refractivity contribution in [3.05, 3.63) is 35.1 Å². The van der Waals surface area contributed by atoms with E-state index in [0.29, 0.717) is 12.0 Å². The summed E-state index contributed by atoms with van der Waals surface area (Å²) in [6.45, 7) is 5.84. The summed E-state index contributed by atoms with van der Waals surface area (Å²) in [6.07, 6.45) is 0.699. The molecule has 18 heavy (non-hydrogen) atoms. The topological polar surface area (TPSA) is 35.5 Å². The lowest BCUT2D eigenvalue weighted by Gasteiger charge is -2.35. The van der Waals surface area contributed by atoms with Crippen LogP contribution in [0.1, 0.15) is 23.6 Å². The van der Waals surface area contributed by atoms with Crippen LogP contribution in [-0.4, -0.2) is 42.8 Å². The minimum absolute atomic E-state index is 0.158. The largest absolute Gasteiger partial charge is 0.396 e. The highest BCUT2D eigenvalue weighted by Gasteiger charge is 2.22. The van der Waals surface area contributed by atoms with Gasteiger partial charge in [0.15, 0.2) is 0 Å². The van der Waals surface area contributed by atoms with Gasteiger partial charge in [-0.3, -0.25) is 4.90 Å². The molecule has 1 aromatic rings. The van der Waals surface area contributed by atoms with Gasteiger partial charge in [-0.1, -0.05) is 12.1 Å². The molecule has 2 rings (SSSR count). The van der Waals surface area contributed by atoms with Crippen molar-refractivity contribution in [2.24, 2.45) is 0 Å². The Kier molecular flexibility index (Phi) is 4.69. The quantitative estimate of drug-likeness (QED) is 0.851. The summed E-state index contributed by atoms with van der Waals surface area (Å²) < 4.78 is 13.3. The number of nitrogens with zero attached hydrogens (tertiary/aromatic N) is 1. The van der Waals surface area contributed by atoms with E-state index >= 15 is 0 Å². The minimum atomic E-state index is -0.165. The van der Waals surface area contributed by atoms with E-state index in [0.717, 1.165) is 31.7 Å². The van der Waals surface area contributed by atoms with Crippen molar-refractivity contribution in [3.8, 4) is 0 Å². The number of halogens is 1. The lowest BCUT2D eigenvalue weighted by molar-refractivity contribution is 0.141. The fraction of sp³-hybridized carbons (Fsp3) is 0.571. The number of piperazine rings is 1. The van der Waals surface area contributed by atoms with Gasteiger partial charge in [0.05, 0.1) is 0 Å². The van der Waals surface area contributed by atoms with Crippen LogP contribution in [0.3, 0.4) is 0 Å². The van der Waals surface area contributed by atoms with Crippen molar-refractivity contribution < 1.29 is 9.50 Å². The maximum atomic E-state index is 13.3. The zero-order valence-electron chi connectivity index (χ0n) is 10.8. The third-order valence-electron chi connectivity index (χ3n) is 3.56. The maximum absolute atomic E-state index is 13.3. The molecule has 1 aliphatic rings. The van der Waals surface area contributed by atoms with Crippen LogP contribution in [0.25, 0.3) is 0 Å². The van der Waals surface area contributed by atoms with Gasteiger partial charge in [0.1, 0.15) is 5.82 Å². The van der Waals surface area contributed by atoms with Gasteiger partial charge in [-0.05, 0) is 30.5 Å². The molecule has 100 valence electrons. The molecule has 2 N–H and O–H groups in total. The van der Waals surface area contributed by atoms with Crippen LogP contribution in [0.5, 0.6) is 0 Å². The van der Waals surface area contributed by atoms with Crippen molar-refractivity contribution in [1.29, 1.82) is 0 Å². The van der Waals surface area contributed by atoms with Gasteiger partial charge < -0.3 is 10.4 Å². The van der Waals surface area contributed by atoms with Crippen molar-refractivity contribution in [2.45, 2.75) is 19.4 Å². The van der Waals surface area contributed by atoms with Crippen molar-refractivity contribution in [3.63, 3.8) is 0 Å². The number of aryl methyl sites for hydroxylation is 1. The summed E-state index contributed by atoms with van der Waals surface area (Å²) in [5, 5.41) is 12.6. The molecule has 1 heterocycles. The highest BCUT2D eigenvalue weighted by atomic mass is 19.1. The van der Waals surface area contributed by atoms with Crippen LogP contribution < -0.4 is 5.32 Å². The summed E-state index contributed by atoms with van der Waals surface area (Å²) in [5.41, 5.74) is 1.77. The van der Waals surface area contributed by atoms with Gasteiger partial charge in [-0.2, -0.15) is 0 Å². The van der Waals surface area contributed by atoms with Gasteiger partial charge in [-0.15, -0.1) is 0 Å². The van der Waals surface area contributed by atoms with E-state index in [-0.39, 0.29) is 18.5 Å². The molecule has 0 aromatic heterocycles. The van der Waals surface area contributed by atoms with Crippen LogP contribution in [0, 0.1) is 12.7 Å². The highest BCUT2D eigenvalue weighted by molar-refractivity contribution is 5.26. The Balaban J connectivity index is 2.19. The molecule has 0 bridgehead atoms. The Labute approximate surface area is 108 Å². The van der Waals surface area contributed by atoms with Gasteiger partial charge in [-0.25, -0.2) is 4.39 Å². The van der Waals surface area contributed by atoms with Gasteiger partial charge in [0.2, 0.25) is 0 Å². The molecule has 1 fully saturated rings. The first-order chi connectivity index (χ1) is 8.72. The number of benzene rings is 1. The number of hydrogen-bond donors (Lipinski definition) is 2. The van der Waals surface area contributed by atoms with Gasteiger partial charge in [0.25, 0.3) is 0 Å². The molecule has 0 saturated carbocycles. The zero-order valence-corrected chi connectivity index (χ0v) is 10.8. The average molecular weight is 252 g/mol. The second-order valence-corrected chi connectivity index (χ2v) is 4.82. The number of aliphatic hydroxyl groups excluding tert-OH is 1. The maximum Gasteiger partial charge on any atom is 0.126 e. The third kappa shape index (κ3) is 3.07. The Hall–Kier alpha value is -0.970. The highest BCUT2D eigenvalue weighted by Crippen LogP contribution is 2.25. The first-order valence-corrected chi connectivity index (χ1v) is 6.54. The molecule has 0 spiro atoms. The Morgan fingerprint density at radius 3 is 2.72 bits per heavy atom. The van der Waals surface area contributed by atoms with Gasteiger partial charge >= 0.3 is 0 Å². The molecule has 3 nitrogen and oxygen atoms in total.